The Kier molecular flexibility index (Phi) is 4.20. The van der Waals surface area contributed by atoms with Crippen molar-refractivity contribution in [1.82, 2.24) is 0 Å². The lowest BCUT2D eigenvalue weighted by atomic mass is 9.86. The van der Waals surface area contributed by atoms with Crippen molar-refractivity contribution in [2.24, 2.45) is 5.92 Å². The molecular formula is C13H15BrF3N. The van der Waals surface area contributed by atoms with Crippen molar-refractivity contribution >= 4 is 21.6 Å². The van der Waals surface area contributed by atoms with Crippen LogP contribution in [-0.4, -0.2) is 12.5 Å². The van der Waals surface area contributed by atoms with Gasteiger partial charge in [0, 0.05) is 23.9 Å². The second kappa shape index (κ2) is 5.51. The van der Waals surface area contributed by atoms with Gasteiger partial charge in [0.15, 0.2) is 0 Å². The first-order valence-corrected chi connectivity index (χ1v) is 6.83. The average Bonchev–Trinajstić information content (AvgIpc) is 2.27. The summed E-state index contributed by atoms with van der Waals surface area (Å²) in [7, 11) is 0. The molecular weight excluding hydrogens is 307 g/mol. The highest BCUT2D eigenvalue weighted by molar-refractivity contribution is 9.10. The fourth-order valence-corrected chi connectivity index (χ4v) is 2.85. The lowest BCUT2D eigenvalue weighted by molar-refractivity contribution is -0.0502. The van der Waals surface area contributed by atoms with Crippen molar-refractivity contribution in [2.45, 2.75) is 31.6 Å². The van der Waals surface area contributed by atoms with Crippen LogP contribution in [0.3, 0.4) is 0 Å². The Labute approximate surface area is 113 Å². The molecule has 1 aliphatic rings. The van der Waals surface area contributed by atoms with Gasteiger partial charge in [-0.2, -0.15) is 0 Å². The summed E-state index contributed by atoms with van der Waals surface area (Å²) in [5.74, 6) is -3.02. The molecule has 100 valence electrons. The summed E-state index contributed by atoms with van der Waals surface area (Å²) in [6.07, 6.45) is 1.19. The van der Waals surface area contributed by atoms with E-state index in [1.807, 2.05) is 0 Å². The number of nitrogens with one attached hydrogen (secondary N) is 1. The SMILES string of the molecule is Fc1cccc(Br)c1NCC1CCCC(F)(F)C1. The number of para-hydroxylation sites is 1. The minimum Gasteiger partial charge on any atom is -0.381 e. The second-order valence-corrected chi connectivity index (χ2v) is 5.65. The summed E-state index contributed by atoms with van der Waals surface area (Å²) in [6, 6.07) is 4.67. The summed E-state index contributed by atoms with van der Waals surface area (Å²) >= 11 is 3.24. The van der Waals surface area contributed by atoms with Gasteiger partial charge in [-0.3, -0.25) is 0 Å². The summed E-state index contributed by atoms with van der Waals surface area (Å²) < 4.78 is 40.6. The highest BCUT2D eigenvalue weighted by Gasteiger charge is 2.36. The number of rotatable bonds is 3. The zero-order chi connectivity index (χ0) is 13.2. The molecule has 1 aliphatic carbocycles. The van der Waals surface area contributed by atoms with Gasteiger partial charge >= 0.3 is 0 Å². The van der Waals surface area contributed by atoms with Crippen LogP contribution < -0.4 is 5.32 Å². The second-order valence-electron chi connectivity index (χ2n) is 4.80. The Bertz CT molecular complexity index is 402. The number of hydrogen-bond donors (Lipinski definition) is 1. The van der Waals surface area contributed by atoms with Crippen molar-refractivity contribution < 1.29 is 13.2 Å². The minimum atomic E-state index is -2.56. The number of hydrogen-bond acceptors (Lipinski definition) is 1. The summed E-state index contributed by atoms with van der Waals surface area (Å²) in [5, 5.41) is 2.93. The Morgan fingerprint density at radius 2 is 2.17 bits per heavy atom. The maximum atomic E-state index is 13.5. The highest BCUT2D eigenvalue weighted by atomic mass is 79.9. The molecule has 2 rings (SSSR count). The van der Waals surface area contributed by atoms with Crippen molar-refractivity contribution in [2.75, 3.05) is 11.9 Å². The van der Waals surface area contributed by atoms with Crippen LogP contribution in [0.5, 0.6) is 0 Å². The molecule has 18 heavy (non-hydrogen) atoms. The first kappa shape index (κ1) is 13.7. The number of benzene rings is 1. The van der Waals surface area contributed by atoms with Gasteiger partial charge < -0.3 is 5.32 Å². The summed E-state index contributed by atoms with van der Waals surface area (Å²) in [5.41, 5.74) is 0.353. The molecule has 0 saturated heterocycles. The van der Waals surface area contributed by atoms with Crippen molar-refractivity contribution in [3.63, 3.8) is 0 Å². The molecule has 1 aromatic carbocycles. The van der Waals surface area contributed by atoms with Gasteiger partial charge in [-0.05, 0) is 46.8 Å². The van der Waals surface area contributed by atoms with Gasteiger partial charge in [0.05, 0.1) is 5.69 Å². The van der Waals surface area contributed by atoms with Crippen LogP contribution in [0.1, 0.15) is 25.7 Å². The van der Waals surface area contributed by atoms with Crippen LogP contribution in [0.4, 0.5) is 18.9 Å². The molecule has 1 atom stereocenters. The molecule has 0 amide bonds. The smallest absolute Gasteiger partial charge is 0.248 e. The van der Waals surface area contributed by atoms with E-state index in [0.717, 1.165) is 6.42 Å². The predicted molar refractivity (Wildman–Crippen MR) is 69.5 cm³/mol. The lowest BCUT2D eigenvalue weighted by Crippen LogP contribution is -2.30. The van der Waals surface area contributed by atoms with Gasteiger partial charge in [0.1, 0.15) is 5.82 Å². The normalized spacial score (nSPS) is 22.8. The van der Waals surface area contributed by atoms with Crippen LogP contribution in [0.15, 0.2) is 22.7 Å². The molecule has 0 heterocycles. The molecule has 1 nitrogen and oxygen atoms in total. The Morgan fingerprint density at radius 1 is 1.39 bits per heavy atom. The number of halogens is 4. The molecule has 0 spiro atoms. The van der Waals surface area contributed by atoms with Gasteiger partial charge in [0.25, 0.3) is 0 Å². The molecule has 1 unspecified atom stereocenters. The fraction of sp³-hybridized carbons (Fsp3) is 0.538. The van der Waals surface area contributed by atoms with E-state index >= 15 is 0 Å². The molecule has 0 bridgehead atoms. The van der Waals surface area contributed by atoms with E-state index in [2.05, 4.69) is 21.2 Å². The molecule has 1 fully saturated rings. The Hall–Kier alpha value is -0.710. The van der Waals surface area contributed by atoms with E-state index in [4.69, 9.17) is 0 Å². The third kappa shape index (κ3) is 3.40. The lowest BCUT2D eigenvalue weighted by Gasteiger charge is -2.29. The highest BCUT2D eigenvalue weighted by Crippen LogP contribution is 2.37. The molecule has 1 saturated carbocycles. The minimum absolute atomic E-state index is 0.0209. The first-order valence-electron chi connectivity index (χ1n) is 6.04. The zero-order valence-corrected chi connectivity index (χ0v) is 11.4. The van der Waals surface area contributed by atoms with Gasteiger partial charge in [0.2, 0.25) is 5.92 Å². The van der Waals surface area contributed by atoms with E-state index in [1.54, 1.807) is 12.1 Å². The van der Waals surface area contributed by atoms with E-state index in [1.165, 1.54) is 6.07 Å². The monoisotopic (exact) mass is 321 g/mol. The van der Waals surface area contributed by atoms with Crippen LogP contribution in [0, 0.1) is 11.7 Å². The quantitative estimate of drug-likeness (QED) is 0.841. The van der Waals surface area contributed by atoms with Gasteiger partial charge in [-0.25, -0.2) is 13.2 Å². The predicted octanol–water partition coefficient (Wildman–Crippen LogP) is 4.83. The van der Waals surface area contributed by atoms with Crippen molar-refractivity contribution in [3.8, 4) is 0 Å². The van der Waals surface area contributed by atoms with Crippen molar-refractivity contribution in [1.29, 1.82) is 0 Å². The van der Waals surface area contributed by atoms with Crippen LogP contribution in [0.25, 0.3) is 0 Å². The summed E-state index contributed by atoms with van der Waals surface area (Å²) in [4.78, 5) is 0. The molecule has 1 N–H and O–H groups in total. The maximum absolute atomic E-state index is 13.5. The summed E-state index contributed by atoms with van der Waals surface area (Å²) in [6.45, 7) is 0.384. The first-order chi connectivity index (χ1) is 8.48. The van der Waals surface area contributed by atoms with E-state index in [-0.39, 0.29) is 24.6 Å². The van der Waals surface area contributed by atoms with E-state index in [0.29, 0.717) is 23.1 Å². The maximum Gasteiger partial charge on any atom is 0.248 e. The standard InChI is InChI=1S/C13H15BrF3N/c14-10-4-1-5-11(15)12(10)18-8-9-3-2-6-13(16,17)7-9/h1,4-5,9,18H,2-3,6-8H2. The third-order valence-corrected chi connectivity index (χ3v) is 3.93. The fourth-order valence-electron chi connectivity index (χ4n) is 2.36. The van der Waals surface area contributed by atoms with Gasteiger partial charge in [-0.1, -0.05) is 6.07 Å². The zero-order valence-electron chi connectivity index (χ0n) is 9.86. The van der Waals surface area contributed by atoms with E-state index < -0.39 is 5.92 Å². The average molecular weight is 322 g/mol. The molecule has 5 heteroatoms. The topological polar surface area (TPSA) is 12.0 Å². The number of anilines is 1. The molecule has 0 radical (unpaired) electrons. The number of alkyl halides is 2. The largest absolute Gasteiger partial charge is 0.381 e. The van der Waals surface area contributed by atoms with Gasteiger partial charge in [-0.15, -0.1) is 0 Å². The molecule has 0 aromatic heterocycles. The van der Waals surface area contributed by atoms with Crippen LogP contribution >= 0.6 is 15.9 Å². The Balaban J connectivity index is 1.95. The molecule has 0 aliphatic heterocycles. The van der Waals surface area contributed by atoms with E-state index in [9.17, 15) is 13.2 Å². The Morgan fingerprint density at radius 3 is 2.83 bits per heavy atom. The molecule has 1 aromatic rings. The van der Waals surface area contributed by atoms with Crippen molar-refractivity contribution in [3.05, 3.63) is 28.5 Å². The van der Waals surface area contributed by atoms with Crippen LogP contribution in [0.2, 0.25) is 0 Å². The van der Waals surface area contributed by atoms with Crippen LogP contribution in [-0.2, 0) is 0 Å². The third-order valence-electron chi connectivity index (χ3n) is 3.27.